The summed E-state index contributed by atoms with van der Waals surface area (Å²) in [6.45, 7) is -0.0744. The molecule has 0 heterocycles. The second-order valence-corrected chi connectivity index (χ2v) is 4.88. The van der Waals surface area contributed by atoms with Gasteiger partial charge in [-0.15, -0.1) is 11.6 Å². The van der Waals surface area contributed by atoms with Crippen LogP contribution >= 0.6 is 27.5 Å². The Bertz CT molecular complexity index is 381. The van der Waals surface area contributed by atoms with E-state index in [2.05, 4.69) is 15.9 Å². The third kappa shape index (κ3) is 4.76. The van der Waals surface area contributed by atoms with Gasteiger partial charge < -0.3 is 4.90 Å². The van der Waals surface area contributed by atoms with E-state index in [0.29, 0.717) is 0 Å². The van der Waals surface area contributed by atoms with E-state index in [1.54, 1.807) is 24.1 Å². The quantitative estimate of drug-likeness (QED) is 0.731. The minimum Gasteiger partial charge on any atom is -0.374 e. The normalized spacial score (nSPS) is 11.6. The zero-order valence-corrected chi connectivity index (χ0v) is 11.5. The van der Waals surface area contributed by atoms with Gasteiger partial charge in [-0.3, -0.25) is 0 Å². The molecule has 0 spiro atoms. The van der Waals surface area contributed by atoms with Crippen molar-refractivity contribution in [2.75, 3.05) is 18.5 Å². The van der Waals surface area contributed by atoms with Crippen LogP contribution < -0.4 is 4.90 Å². The van der Waals surface area contributed by atoms with Crippen molar-refractivity contribution >= 4 is 33.2 Å². The number of benzene rings is 1. The second kappa shape index (κ2) is 5.96. The summed E-state index contributed by atoms with van der Waals surface area (Å²) in [4.78, 5) is 1.57. The highest BCUT2D eigenvalue weighted by Crippen LogP contribution is 2.27. The van der Waals surface area contributed by atoms with Crippen LogP contribution in [0.25, 0.3) is 0 Å². The highest BCUT2D eigenvalue weighted by atomic mass is 79.9. The monoisotopic (exact) mass is 329 g/mol. The number of rotatable bonds is 4. The molecule has 0 radical (unpaired) electrons. The molecule has 0 aliphatic rings. The lowest BCUT2D eigenvalue weighted by atomic mass is 10.2. The maximum Gasteiger partial charge on any atom is 0.390 e. The van der Waals surface area contributed by atoms with Crippen molar-refractivity contribution < 1.29 is 13.2 Å². The van der Waals surface area contributed by atoms with Gasteiger partial charge in [0.05, 0.1) is 6.42 Å². The van der Waals surface area contributed by atoms with Gasteiger partial charge in [-0.2, -0.15) is 13.2 Å². The minimum absolute atomic E-state index is 0.0744. The molecule has 1 aromatic rings. The SMILES string of the molecule is CN(CCC(F)(F)F)c1ccc(Br)cc1CCl. The van der Waals surface area contributed by atoms with Crippen molar-refractivity contribution in [2.45, 2.75) is 18.5 Å². The summed E-state index contributed by atoms with van der Waals surface area (Å²) < 4.78 is 37.2. The fourth-order valence-corrected chi connectivity index (χ4v) is 2.07. The molecule has 1 rings (SSSR count). The van der Waals surface area contributed by atoms with Crippen molar-refractivity contribution in [3.8, 4) is 0 Å². The van der Waals surface area contributed by atoms with Crippen LogP contribution in [-0.4, -0.2) is 19.8 Å². The van der Waals surface area contributed by atoms with Crippen LogP contribution in [0.3, 0.4) is 0 Å². The van der Waals surface area contributed by atoms with Crippen LogP contribution in [0, 0.1) is 0 Å². The van der Waals surface area contributed by atoms with Crippen LogP contribution in [0.5, 0.6) is 0 Å². The molecule has 1 aromatic carbocycles. The van der Waals surface area contributed by atoms with Gasteiger partial charge in [0, 0.05) is 29.6 Å². The Kier molecular flexibility index (Phi) is 5.13. The molecule has 17 heavy (non-hydrogen) atoms. The Hall–Kier alpha value is -0.420. The van der Waals surface area contributed by atoms with Gasteiger partial charge in [0.25, 0.3) is 0 Å². The van der Waals surface area contributed by atoms with Crippen molar-refractivity contribution in [2.24, 2.45) is 0 Å². The molecule has 0 aliphatic carbocycles. The Morgan fingerprint density at radius 1 is 1.35 bits per heavy atom. The van der Waals surface area contributed by atoms with E-state index in [9.17, 15) is 13.2 Å². The molecule has 0 N–H and O–H groups in total. The fourth-order valence-electron chi connectivity index (χ4n) is 1.45. The van der Waals surface area contributed by atoms with E-state index < -0.39 is 12.6 Å². The van der Waals surface area contributed by atoms with E-state index in [-0.39, 0.29) is 12.4 Å². The third-order valence-corrected chi connectivity index (χ3v) is 3.11. The second-order valence-electron chi connectivity index (χ2n) is 3.69. The Morgan fingerprint density at radius 2 is 2.00 bits per heavy atom. The summed E-state index contributed by atoms with van der Waals surface area (Å²) in [7, 11) is 1.63. The van der Waals surface area contributed by atoms with Gasteiger partial charge in [-0.05, 0) is 23.8 Å². The molecule has 0 unspecified atom stereocenters. The molecule has 0 amide bonds. The third-order valence-electron chi connectivity index (χ3n) is 2.33. The van der Waals surface area contributed by atoms with E-state index in [1.165, 1.54) is 0 Å². The van der Waals surface area contributed by atoms with Gasteiger partial charge in [-0.1, -0.05) is 15.9 Å². The predicted octanol–water partition coefficient (Wildman–Crippen LogP) is 4.58. The number of anilines is 1. The van der Waals surface area contributed by atoms with Gasteiger partial charge >= 0.3 is 6.18 Å². The number of nitrogens with zero attached hydrogens (tertiary/aromatic N) is 1. The molecule has 6 heteroatoms. The van der Waals surface area contributed by atoms with Gasteiger partial charge in [0.15, 0.2) is 0 Å². The zero-order valence-electron chi connectivity index (χ0n) is 9.19. The summed E-state index contributed by atoms with van der Waals surface area (Å²) in [5.74, 6) is 0.269. The molecular weight excluding hydrogens is 318 g/mol. The van der Waals surface area contributed by atoms with E-state index in [4.69, 9.17) is 11.6 Å². The lowest BCUT2D eigenvalue weighted by Crippen LogP contribution is -2.24. The summed E-state index contributed by atoms with van der Waals surface area (Å²) >= 11 is 9.07. The van der Waals surface area contributed by atoms with Crippen molar-refractivity contribution in [1.29, 1.82) is 0 Å². The molecule has 0 saturated carbocycles. The molecule has 0 bridgehead atoms. The average molecular weight is 331 g/mol. The first-order valence-electron chi connectivity index (χ1n) is 4.96. The average Bonchev–Trinajstić information content (AvgIpc) is 2.24. The highest BCUT2D eigenvalue weighted by molar-refractivity contribution is 9.10. The molecule has 96 valence electrons. The van der Waals surface area contributed by atoms with Crippen molar-refractivity contribution in [3.05, 3.63) is 28.2 Å². The van der Waals surface area contributed by atoms with Crippen molar-refractivity contribution in [1.82, 2.24) is 0 Å². The molecule has 0 aliphatic heterocycles. The largest absolute Gasteiger partial charge is 0.390 e. The van der Waals surface area contributed by atoms with Gasteiger partial charge in [0.1, 0.15) is 0 Å². The zero-order chi connectivity index (χ0) is 13.1. The predicted molar refractivity (Wildman–Crippen MR) is 67.6 cm³/mol. The Morgan fingerprint density at radius 3 is 2.53 bits per heavy atom. The summed E-state index contributed by atoms with van der Waals surface area (Å²) in [6, 6.07) is 5.36. The lowest BCUT2D eigenvalue weighted by molar-refractivity contribution is -0.132. The first-order chi connectivity index (χ1) is 7.83. The molecular formula is C11H12BrClF3N. The smallest absolute Gasteiger partial charge is 0.374 e. The molecule has 1 nitrogen and oxygen atoms in total. The summed E-state index contributed by atoms with van der Waals surface area (Å²) in [5, 5.41) is 0. The van der Waals surface area contributed by atoms with E-state index in [1.807, 2.05) is 6.07 Å². The van der Waals surface area contributed by atoms with Crippen LogP contribution in [0.4, 0.5) is 18.9 Å². The van der Waals surface area contributed by atoms with Gasteiger partial charge in [0.2, 0.25) is 0 Å². The Balaban J connectivity index is 2.78. The topological polar surface area (TPSA) is 3.24 Å². The first-order valence-corrected chi connectivity index (χ1v) is 6.28. The molecule has 0 saturated heterocycles. The summed E-state index contributed by atoms with van der Waals surface area (Å²) in [5.41, 5.74) is 1.54. The Labute approximate surface area is 112 Å². The van der Waals surface area contributed by atoms with Crippen LogP contribution in [0.1, 0.15) is 12.0 Å². The number of alkyl halides is 4. The van der Waals surface area contributed by atoms with E-state index >= 15 is 0 Å². The standard InChI is InChI=1S/C11H12BrClF3N/c1-17(5-4-11(14,15)16)10-3-2-9(12)6-8(10)7-13/h2-3,6H,4-5,7H2,1H3. The number of halogens is 5. The maximum absolute atomic E-state index is 12.1. The van der Waals surface area contributed by atoms with Crippen molar-refractivity contribution in [3.63, 3.8) is 0 Å². The van der Waals surface area contributed by atoms with Crippen LogP contribution in [0.15, 0.2) is 22.7 Å². The molecule has 0 aromatic heterocycles. The van der Waals surface area contributed by atoms with Crippen LogP contribution in [0.2, 0.25) is 0 Å². The summed E-state index contributed by atoms with van der Waals surface area (Å²) in [6.07, 6.45) is -4.97. The molecule has 0 fully saturated rings. The van der Waals surface area contributed by atoms with Gasteiger partial charge in [-0.25, -0.2) is 0 Å². The minimum atomic E-state index is -4.13. The number of hydrogen-bond donors (Lipinski definition) is 0. The lowest BCUT2D eigenvalue weighted by Gasteiger charge is -2.22. The van der Waals surface area contributed by atoms with E-state index in [0.717, 1.165) is 15.7 Å². The maximum atomic E-state index is 12.1. The fraction of sp³-hybridized carbons (Fsp3) is 0.455. The highest BCUT2D eigenvalue weighted by Gasteiger charge is 2.27. The van der Waals surface area contributed by atoms with Crippen LogP contribution in [-0.2, 0) is 5.88 Å². The first kappa shape index (κ1) is 14.6. The number of hydrogen-bond acceptors (Lipinski definition) is 1. The molecule has 0 atom stereocenters.